The molecule has 0 amide bonds. The van der Waals surface area contributed by atoms with Crippen LogP contribution in [0, 0.1) is 0 Å². The summed E-state index contributed by atoms with van der Waals surface area (Å²) in [6.07, 6.45) is 0.583. The topological polar surface area (TPSA) is 57.6 Å². The number of Topliss-reactive ketones (excluding diaryl/α,β-unsaturated/α-hetero) is 2. The molecule has 16 heavy (non-hydrogen) atoms. The zero-order chi connectivity index (χ0) is 11.9. The largest absolute Gasteiger partial charge is 0.515 e. The molecule has 0 unspecified atom stereocenters. The van der Waals surface area contributed by atoms with Crippen molar-refractivity contribution < 1.29 is 14.7 Å². The summed E-state index contributed by atoms with van der Waals surface area (Å²) in [5.41, 5.74) is 1.40. The van der Waals surface area contributed by atoms with Crippen LogP contribution in [0.4, 0.5) is 5.69 Å². The monoisotopic (exact) mass is 217 g/mol. The maximum absolute atomic E-state index is 11.7. The Labute approximate surface area is 92.8 Å². The van der Waals surface area contributed by atoms with Crippen LogP contribution in [-0.2, 0) is 0 Å². The maximum Gasteiger partial charge on any atom is 0.200 e. The van der Waals surface area contributed by atoms with Crippen LogP contribution in [0.2, 0.25) is 0 Å². The number of aliphatic hydroxyl groups is 1. The van der Waals surface area contributed by atoms with E-state index in [4.69, 9.17) is 5.11 Å². The highest BCUT2D eigenvalue weighted by molar-refractivity contribution is 6.39. The predicted octanol–water partition coefficient (Wildman–Crippen LogP) is 1.57. The van der Waals surface area contributed by atoms with Gasteiger partial charge in [-0.1, -0.05) is 0 Å². The van der Waals surface area contributed by atoms with Crippen molar-refractivity contribution in [1.82, 2.24) is 0 Å². The number of allylic oxidation sites excluding steroid dienone is 1. The first-order valence-electron chi connectivity index (χ1n) is 4.81. The molecule has 82 valence electrons. The molecule has 2 rings (SSSR count). The number of rotatable bonds is 1. The Bertz CT molecular complexity index is 515. The summed E-state index contributed by atoms with van der Waals surface area (Å²) in [5, 5.41) is 8.84. The highest BCUT2D eigenvalue weighted by Gasteiger charge is 2.33. The molecule has 0 aromatic heterocycles. The van der Waals surface area contributed by atoms with Crippen molar-refractivity contribution in [1.29, 1.82) is 0 Å². The third-order valence-electron chi connectivity index (χ3n) is 2.63. The summed E-state index contributed by atoms with van der Waals surface area (Å²) in [6.45, 7) is 0. The van der Waals surface area contributed by atoms with E-state index in [1.54, 1.807) is 18.2 Å². The third-order valence-corrected chi connectivity index (χ3v) is 2.63. The lowest BCUT2D eigenvalue weighted by atomic mass is 10.1. The van der Waals surface area contributed by atoms with E-state index in [9.17, 15) is 9.59 Å². The van der Waals surface area contributed by atoms with Crippen molar-refractivity contribution in [3.8, 4) is 0 Å². The fraction of sp³-hybridized carbons (Fsp3) is 0.167. The van der Waals surface area contributed by atoms with Crippen molar-refractivity contribution in [3.05, 3.63) is 41.2 Å². The van der Waals surface area contributed by atoms with Crippen molar-refractivity contribution in [2.24, 2.45) is 0 Å². The van der Waals surface area contributed by atoms with Crippen molar-refractivity contribution >= 4 is 17.3 Å². The number of hydrogen-bond donors (Lipinski definition) is 1. The first-order chi connectivity index (χ1) is 7.56. The molecule has 0 atom stereocenters. The molecule has 1 N–H and O–H groups in total. The molecule has 4 nitrogen and oxygen atoms in total. The second-order valence-corrected chi connectivity index (χ2v) is 3.83. The number of carbonyl (C=O) groups is 2. The minimum atomic E-state index is -0.411. The van der Waals surface area contributed by atoms with Crippen molar-refractivity contribution in [3.63, 3.8) is 0 Å². The minimum Gasteiger partial charge on any atom is -0.515 e. The van der Waals surface area contributed by atoms with E-state index < -0.39 is 11.6 Å². The number of fused-ring (bicyclic) bond motifs is 1. The number of ketones is 2. The predicted molar refractivity (Wildman–Crippen MR) is 60.1 cm³/mol. The Hall–Kier alpha value is -2.10. The lowest BCUT2D eigenvalue weighted by Crippen LogP contribution is -2.09. The van der Waals surface area contributed by atoms with E-state index in [0.29, 0.717) is 17.4 Å². The first-order valence-corrected chi connectivity index (χ1v) is 4.81. The zero-order valence-electron chi connectivity index (χ0n) is 9.02. The highest BCUT2D eigenvalue weighted by Crippen LogP contribution is 2.29. The molecule has 0 saturated heterocycles. The minimum absolute atomic E-state index is 0.161. The number of hydrogen-bond acceptors (Lipinski definition) is 4. The summed E-state index contributed by atoms with van der Waals surface area (Å²) >= 11 is 0. The van der Waals surface area contributed by atoms with Gasteiger partial charge in [-0.25, -0.2) is 0 Å². The van der Waals surface area contributed by atoms with Gasteiger partial charge in [0.2, 0.25) is 11.6 Å². The number of nitrogens with zero attached hydrogens (tertiary/aromatic N) is 1. The summed E-state index contributed by atoms with van der Waals surface area (Å²) < 4.78 is 0. The van der Waals surface area contributed by atoms with E-state index in [-0.39, 0.29) is 5.57 Å². The number of benzene rings is 1. The van der Waals surface area contributed by atoms with Gasteiger partial charge in [0.1, 0.15) is 5.57 Å². The van der Waals surface area contributed by atoms with Crippen LogP contribution in [0.1, 0.15) is 20.7 Å². The second-order valence-electron chi connectivity index (χ2n) is 3.83. The zero-order valence-corrected chi connectivity index (χ0v) is 9.02. The fourth-order valence-corrected chi connectivity index (χ4v) is 1.71. The van der Waals surface area contributed by atoms with Gasteiger partial charge in [0, 0.05) is 30.9 Å². The molecule has 1 aliphatic carbocycles. The Kier molecular flexibility index (Phi) is 2.27. The second kappa shape index (κ2) is 3.48. The van der Waals surface area contributed by atoms with Gasteiger partial charge < -0.3 is 10.0 Å². The van der Waals surface area contributed by atoms with E-state index in [1.165, 1.54) is 0 Å². The number of anilines is 1. The molecule has 1 aliphatic rings. The average Bonchev–Trinajstić information content (AvgIpc) is 2.51. The Morgan fingerprint density at radius 3 is 2.31 bits per heavy atom. The van der Waals surface area contributed by atoms with Gasteiger partial charge in [-0.2, -0.15) is 0 Å². The number of aliphatic hydroxyl groups excluding tert-OH is 1. The van der Waals surface area contributed by atoms with E-state index in [1.807, 2.05) is 19.0 Å². The SMILES string of the molecule is CN(C)c1ccc2c(c1)C(=O)C(=CO)C2=O. The molecule has 1 aromatic rings. The smallest absolute Gasteiger partial charge is 0.200 e. The Morgan fingerprint density at radius 1 is 1.12 bits per heavy atom. The van der Waals surface area contributed by atoms with Crippen LogP contribution >= 0.6 is 0 Å². The number of carbonyl (C=O) groups excluding carboxylic acids is 2. The summed E-state index contributed by atoms with van der Waals surface area (Å²) in [7, 11) is 3.71. The van der Waals surface area contributed by atoms with Crippen LogP contribution in [0.3, 0.4) is 0 Å². The van der Waals surface area contributed by atoms with Gasteiger partial charge in [-0.3, -0.25) is 9.59 Å². The normalized spacial score (nSPS) is 16.8. The molecule has 4 heteroatoms. The van der Waals surface area contributed by atoms with Crippen LogP contribution < -0.4 is 4.90 Å². The van der Waals surface area contributed by atoms with E-state index >= 15 is 0 Å². The lowest BCUT2D eigenvalue weighted by Gasteiger charge is -2.12. The molecular formula is C12H11NO3. The average molecular weight is 217 g/mol. The molecule has 0 bridgehead atoms. The van der Waals surface area contributed by atoms with Crippen LogP contribution in [0.25, 0.3) is 0 Å². The molecule has 0 aliphatic heterocycles. The molecule has 0 heterocycles. The van der Waals surface area contributed by atoms with Gasteiger partial charge >= 0.3 is 0 Å². The van der Waals surface area contributed by atoms with Crippen LogP contribution in [0.5, 0.6) is 0 Å². The first kappa shape index (κ1) is 10.4. The summed E-state index contributed by atoms with van der Waals surface area (Å²) in [5.74, 6) is -0.820. The van der Waals surface area contributed by atoms with E-state index in [0.717, 1.165) is 5.69 Å². The quantitative estimate of drug-likeness (QED) is 0.440. The standard InChI is InChI=1S/C12H11NO3/c1-13(2)7-3-4-8-9(5-7)12(16)10(6-14)11(8)15/h3-6,14H,1-2H3. The Morgan fingerprint density at radius 2 is 1.75 bits per heavy atom. The summed E-state index contributed by atoms with van der Waals surface area (Å²) in [4.78, 5) is 25.2. The molecule has 1 aromatic carbocycles. The van der Waals surface area contributed by atoms with Gasteiger partial charge in [-0.15, -0.1) is 0 Å². The van der Waals surface area contributed by atoms with Crippen LogP contribution in [-0.4, -0.2) is 30.8 Å². The fourth-order valence-electron chi connectivity index (χ4n) is 1.71. The van der Waals surface area contributed by atoms with Gasteiger partial charge in [0.25, 0.3) is 0 Å². The van der Waals surface area contributed by atoms with Gasteiger partial charge in [0.05, 0.1) is 6.26 Å². The molecule has 0 saturated carbocycles. The Balaban J connectivity index is 2.61. The van der Waals surface area contributed by atoms with Gasteiger partial charge in [0.15, 0.2) is 0 Å². The maximum atomic E-state index is 11.7. The molecule has 0 spiro atoms. The summed E-state index contributed by atoms with van der Waals surface area (Å²) in [6, 6.07) is 5.04. The highest BCUT2D eigenvalue weighted by atomic mass is 16.2. The van der Waals surface area contributed by atoms with Crippen LogP contribution in [0.15, 0.2) is 30.0 Å². The van der Waals surface area contributed by atoms with Crippen molar-refractivity contribution in [2.75, 3.05) is 19.0 Å². The van der Waals surface area contributed by atoms with Gasteiger partial charge in [-0.05, 0) is 18.2 Å². The van der Waals surface area contributed by atoms with E-state index in [2.05, 4.69) is 0 Å². The lowest BCUT2D eigenvalue weighted by molar-refractivity contribution is 0.0984. The molecule has 0 radical (unpaired) electrons. The molecular weight excluding hydrogens is 206 g/mol. The molecule has 0 fully saturated rings. The van der Waals surface area contributed by atoms with Crippen molar-refractivity contribution in [2.45, 2.75) is 0 Å². The third kappa shape index (κ3) is 1.31.